The average molecular weight is 334 g/mol. The number of alkyl halides is 1. The van der Waals surface area contributed by atoms with Gasteiger partial charge in [-0.15, -0.1) is 0 Å². The molecule has 0 aliphatic rings. The van der Waals surface area contributed by atoms with Gasteiger partial charge in [-0.25, -0.2) is 8.42 Å². The predicted octanol–water partition coefficient (Wildman–Crippen LogP) is -1.43. The summed E-state index contributed by atoms with van der Waals surface area (Å²) in [5.74, 6) is 0. The van der Waals surface area contributed by atoms with Crippen molar-refractivity contribution >= 4 is 32.7 Å². The van der Waals surface area contributed by atoms with Gasteiger partial charge in [0.25, 0.3) is 0 Å². The molecule has 0 heterocycles. The smallest absolute Gasteiger partial charge is 0.744 e. The molecule has 1 rings (SSSR count). The molecule has 3 nitrogen and oxygen atoms in total. The molecular formula is C8H8INaO3S. The first-order valence-corrected chi connectivity index (χ1v) is 6.58. The van der Waals surface area contributed by atoms with E-state index >= 15 is 0 Å². The van der Waals surface area contributed by atoms with Gasteiger partial charge in [0.05, 0.1) is 4.90 Å². The van der Waals surface area contributed by atoms with E-state index < -0.39 is 10.1 Å². The molecule has 0 aromatic heterocycles. The Balaban J connectivity index is 0.00000169. The molecule has 0 saturated carbocycles. The molecule has 0 radical (unpaired) electrons. The van der Waals surface area contributed by atoms with Crippen LogP contribution in [0.5, 0.6) is 0 Å². The third kappa shape index (κ3) is 4.59. The molecule has 0 N–H and O–H groups in total. The summed E-state index contributed by atoms with van der Waals surface area (Å²) < 4.78 is 32.6. The first-order chi connectivity index (χ1) is 6.04. The van der Waals surface area contributed by atoms with Crippen LogP contribution in [-0.4, -0.2) is 17.4 Å². The molecule has 1 aromatic carbocycles. The molecule has 6 heteroatoms. The largest absolute Gasteiger partial charge is 1.00 e. The third-order valence-electron chi connectivity index (χ3n) is 1.60. The van der Waals surface area contributed by atoms with Gasteiger partial charge in [-0.2, -0.15) is 0 Å². The van der Waals surface area contributed by atoms with Crippen molar-refractivity contribution in [1.29, 1.82) is 0 Å². The maximum atomic E-state index is 10.5. The molecule has 0 aliphatic carbocycles. The van der Waals surface area contributed by atoms with E-state index in [1.807, 2.05) is 0 Å². The van der Waals surface area contributed by atoms with Crippen molar-refractivity contribution in [2.24, 2.45) is 0 Å². The second kappa shape index (κ2) is 6.44. The van der Waals surface area contributed by atoms with Crippen LogP contribution < -0.4 is 29.6 Å². The first-order valence-electron chi connectivity index (χ1n) is 3.65. The summed E-state index contributed by atoms with van der Waals surface area (Å²) in [4.78, 5) is -0.162. The number of benzene rings is 1. The average Bonchev–Trinajstić information content (AvgIpc) is 2.04. The fourth-order valence-electron chi connectivity index (χ4n) is 0.932. The number of hydrogen-bond donors (Lipinski definition) is 0. The second-order valence-electron chi connectivity index (χ2n) is 2.54. The van der Waals surface area contributed by atoms with Gasteiger partial charge in [-0.05, 0) is 24.1 Å². The zero-order valence-electron chi connectivity index (χ0n) is 7.73. The Bertz CT molecular complexity index is 374. The summed E-state index contributed by atoms with van der Waals surface area (Å²) in [6.45, 7) is 0. The van der Waals surface area contributed by atoms with Crippen LogP contribution in [0.2, 0.25) is 0 Å². The van der Waals surface area contributed by atoms with Crippen LogP contribution in [0, 0.1) is 0 Å². The van der Waals surface area contributed by atoms with Gasteiger partial charge in [0, 0.05) is 4.43 Å². The topological polar surface area (TPSA) is 57.2 Å². The van der Waals surface area contributed by atoms with Crippen molar-refractivity contribution in [1.82, 2.24) is 0 Å². The van der Waals surface area contributed by atoms with E-state index in [9.17, 15) is 13.0 Å². The number of rotatable bonds is 3. The molecule has 14 heavy (non-hydrogen) atoms. The molecule has 0 fully saturated rings. The standard InChI is InChI=1S/C8H9IO3S.Na/c9-6-5-7-1-3-8(4-2-7)13(10,11)12;/h1-4H,5-6H2,(H,10,11,12);/q;+1/p-1. The molecule has 0 saturated heterocycles. The quantitative estimate of drug-likeness (QED) is 0.295. The summed E-state index contributed by atoms with van der Waals surface area (Å²) >= 11 is 2.24. The van der Waals surface area contributed by atoms with Crippen LogP contribution >= 0.6 is 22.6 Å². The van der Waals surface area contributed by atoms with Crippen LogP contribution in [0.3, 0.4) is 0 Å². The van der Waals surface area contributed by atoms with Gasteiger partial charge >= 0.3 is 29.6 Å². The molecule has 0 aliphatic heterocycles. The minimum absolute atomic E-state index is 0. The Morgan fingerprint density at radius 3 is 2.07 bits per heavy atom. The molecule has 0 atom stereocenters. The second-order valence-corrected chi connectivity index (χ2v) is 5.00. The fraction of sp³-hybridized carbons (Fsp3) is 0.250. The monoisotopic (exact) mass is 334 g/mol. The van der Waals surface area contributed by atoms with E-state index in [1.54, 1.807) is 12.1 Å². The number of hydrogen-bond acceptors (Lipinski definition) is 3. The molecule has 72 valence electrons. The van der Waals surface area contributed by atoms with Crippen molar-refractivity contribution in [3.8, 4) is 0 Å². The minimum Gasteiger partial charge on any atom is -0.744 e. The molecule has 0 unspecified atom stereocenters. The van der Waals surface area contributed by atoms with E-state index in [-0.39, 0.29) is 34.5 Å². The SMILES string of the molecule is O=S(=O)([O-])c1ccc(CCI)cc1.[Na+]. The summed E-state index contributed by atoms with van der Waals surface area (Å²) in [5, 5.41) is 0. The van der Waals surface area contributed by atoms with Gasteiger partial charge in [0.1, 0.15) is 10.1 Å². The van der Waals surface area contributed by atoms with Crippen molar-refractivity contribution in [3.63, 3.8) is 0 Å². The van der Waals surface area contributed by atoms with Crippen LogP contribution in [-0.2, 0) is 16.5 Å². The summed E-state index contributed by atoms with van der Waals surface area (Å²) in [5.41, 5.74) is 1.04. The van der Waals surface area contributed by atoms with Crippen molar-refractivity contribution in [2.75, 3.05) is 4.43 Å². The van der Waals surface area contributed by atoms with Crippen molar-refractivity contribution in [2.45, 2.75) is 11.3 Å². The van der Waals surface area contributed by atoms with E-state index in [4.69, 9.17) is 0 Å². The first kappa shape index (κ1) is 14.9. The maximum Gasteiger partial charge on any atom is 1.00 e. The van der Waals surface area contributed by atoms with Crippen molar-refractivity contribution in [3.05, 3.63) is 29.8 Å². The normalized spacial score (nSPS) is 10.7. The predicted molar refractivity (Wildman–Crippen MR) is 57.0 cm³/mol. The van der Waals surface area contributed by atoms with Gasteiger partial charge < -0.3 is 4.55 Å². The van der Waals surface area contributed by atoms with Crippen LogP contribution in [0.4, 0.5) is 0 Å². The summed E-state index contributed by atoms with van der Waals surface area (Å²) in [7, 11) is -4.29. The minimum atomic E-state index is -4.29. The van der Waals surface area contributed by atoms with Gasteiger partial charge in [0.15, 0.2) is 0 Å². The van der Waals surface area contributed by atoms with E-state index in [1.165, 1.54) is 12.1 Å². The summed E-state index contributed by atoms with van der Waals surface area (Å²) in [6, 6.07) is 6.04. The molecular weight excluding hydrogens is 326 g/mol. The van der Waals surface area contributed by atoms with Gasteiger partial charge in [0.2, 0.25) is 0 Å². The molecule has 0 amide bonds. The van der Waals surface area contributed by atoms with E-state index in [0.29, 0.717) is 0 Å². The van der Waals surface area contributed by atoms with Crippen LogP contribution in [0.15, 0.2) is 29.2 Å². The van der Waals surface area contributed by atoms with E-state index in [0.717, 1.165) is 16.4 Å². The summed E-state index contributed by atoms with van der Waals surface area (Å²) in [6.07, 6.45) is 0.889. The number of halogens is 1. The Hall–Kier alpha value is 0.860. The zero-order chi connectivity index (χ0) is 9.90. The Morgan fingerprint density at radius 1 is 1.21 bits per heavy atom. The Kier molecular flexibility index (Phi) is 6.84. The van der Waals surface area contributed by atoms with Gasteiger partial charge in [-0.3, -0.25) is 0 Å². The molecule has 0 spiro atoms. The fourth-order valence-corrected chi connectivity index (χ4v) is 2.02. The van der Waals surface area contributed by atoms with Gasteiger partial charge in [-0.1, -0.05) is 34.7 Å². The maximum absolute atomic E-state index is 10.5. The zero-order valence-corrected chi connectivity index (χ0v) is 12.7. The number of aryl methyl sites for hydroxylation is 1. The third-order valence-corrected chi connectivity index (χ3v) is 2.98. The molecule has 1 aromatic rings. The Labute approximate surface area is 119 Å². The van der Waals surface area contributed by atoms with E-state index in [2.05, 4.69) is 22.6 Å². The van der Waals surface area contributed by atoms with Crippen LogP contribution in [0.1, 0.15) is 5.56 Å². The van der Waals surface area contributed by atoms with Crippen LogP contribution in [0.25, 0.3) is 0 Å². The molecule has 0 bridgehead atoms. The Morgan fingerprint density at radius 2 is 1.71 bits per heavy atom. The van der Waals surface area contributed by atoms with Crippen molar-refractivity contribution < 1.29 is 42.5 Å².